The first kappa shape index (κ1) is 15.0. The van der Waals surface area contributed by atoms with Gasteiger partial charge in [-0.1, -0.05) is 42.5 Å². The average molecular weight is 286 g/mol. The number of carboxylic acids is 2. The largest absolute Gasteiger partial charge is 0.550 e. The number of fused-ring (bicyclic) bond motifs is 1. The van der Waals surface area contributed by atoms with Gasteiger partial charge in [-0.3, -0.25) is 0 Å². The van der Waals surface area contributed by atoms with E-state index in [0.717, 1.165) is 16.3 Å². The molecular formula is C16H16NO4-. The second kappa shape index (κ2) is 6.37. The molecule has 3 N–H and O–H groups in total. The van der Waals surface area contributed by atoms with Crippen molar-refractivity contribution in [3.05, 3.63) is 48.0 Å². The highest BCUT2D eigenvalue weighted by molar-refractivity contribution is 5.83. The molecule has 0 aliphatic rings. The summed E-state index contributed by atoms with van der Waals surface area (Å²) in [7, 11) is 0. The molecule has 0 bridgehead atoms. The second-order valence-corrected chi connectivity index (χ2v) is 5.15. The maximum absolute atomic E-state index is 11.2. The number of hydrogen-bond acceptors (Lipinski definition) is 4. The number of carbonyl (C=O) groups excluding carboxylic acids is 2. The summed E-state index contributed by atoms with van der Waals surface area (Å²) in [6.07, 6.45) is 0.115. The lowest BCUT2D eigenvalue weighted by molar-refractivity contribution is -0.440. The van der Waals surface area contributed by atoms with E-state index in [1.165, 1.54) is 0 Å². The molecule has 0 saturated carbocycles. The third-order valence-electron chi connectivity index (χ3n) is 3.53. The lowest BCUT2D eigenvalue weighted by Crippen LogP contribution is -2.69. The van der Waals surface area contributed by atoms with Crippen molar-refractivity contribution in [3.8, 4) is 0 Å². The fourth-order valence-corrected chi connectivity index (χ4v) is 2.35. The maximum Gasteiger partial charge on any atom is 0.125 e. The highest BCUT2D eigenvalue weighted by Crippen LogP contribution is 2.19. The van der Waals surface area contributed by atoms with Gasteiger partial charge in [0.1, 0.15) is 6.04 Å². The van der Waals surface area contributed by atoms with Crippen LogP contribution >= 0.6 is 0 Å². The smallest absolute Gasteiger partial charge is 0.125 e. The summed E-state index contributed by atoms with van der Waals surface area (Å²) >= 11 is 0. The Bertz CT molecular complexity index is 668. The van der Waals surface area contributed by atoms with Gasteiger partial charge in [-0.2, -0.15) is 0 Å². The highest BCUT2D eigenvalue weighted by Gasteiger charge is 2.18. The summed E-state index contributed by atoms with van der Waals surface area (Å²) < 4.78 is 0. The second-order valence-electron chi connectivity index (χ2n) is 5.15. The van der Waals surface area contributed by atoms with Crippen molar-refractivity contribution in [2.75, 3.05) is 0 Å². The molecular weight excluding hydrogens is 270 g/mol. The number of benzene rings is 2. The van der Waals surface area contributed by atoms with Crippen LogP contribution in [0.1, 0.15) is 12.0 Å². The first-order chi connectivity index (χ1) is 9.97. The molecule has 21 heavy (non-hydrogen) atoms. The average Bonchev–Trinajstić information content (AvgIpc) is 2.46. The van der Waals surface area contributed by atoms with Crippen molar-refractivity contribution in [2.24, 2.45) is 5.92 Å². The Morgan fingerprint density at radius 2 is 1.67 bits per heavy atom. The lowest BCUT2D eigenvalue weighted by atomic mass is 9.92. The Hall–Kier alpha value is -2.40. The SMILES string of the molecule is [NH3+][C@H](C[C@H](Cc1ccc2ccccc2c1)C(=O)[O-])C(=O)[O-]. The van der Waals surface area contributed by atoms with Gasteiger partial charge in [0.05, 0.1) is 5.97 Å². The molecule has 0 radical (unpaired) electrons. The lowest BCUT2D eigenvalue weighted by Gasteiger charge is -2.20. The minimum Gasteiger partial charge on any atom is -0.550 e. The Balaban J connectivity index is 2.18. The van der Waals surface area contributed by atoms with Crippen LogP contribution < -0.4 is 15.9 Å². The van der Waals surface area contributed by atoms with E-state index in [1.807, 2.05) is 42.5 Å². The summed E-state index contributed by atoms with van der Waals surface area (Å²) in [6.45, 7) is 0. The third kappa shape index (κ3) is 3.79. The molecule has 0 fully saturated rings. The normalized spacial score (nSPS) is 13.8. The van der Waals surface area contributed by atoms with E-state index in [-0.39, 0.29) is 12.8 Å². The Kier molecular flexibility index (Phi) is 4.55. The standard InChI is InChI=1S/C16H17NO4/c17-14(16(20)21)9-13(15(18)19)8-10-5-6-11-3-1-2-4-12(11)7-10/h1-7,13-14H,8-9,17H2,(H,18,19)(H,20,21)/p-1/t13-,14+/m0/s1. The molecule has 0 unspecified atom stereocenters. The van der Waals surface area contributed by atoms with Gasteiger partial charge in [-0.15, -0.1) is 0 Å². The van der Waals surface area contributed by atoms with Crippen molar-refractivity contribution in [1.29, 1.82) is 0 Å². The van der Waals surface area contributed by atoms with Crippen molar-refractivity contribution in [2.45, 2.75) is 18.9 Å². The van der Waals surface area contributed by atoms with Gasteiger partial charge in [-0.25, -0.2) is 0 Å². The van der Waals surface area contributed by atoms with Gasteiger partial charge in [-0.05, 0) is 22.8 Å². The number of aliphatic carboxylic acids is 2. The van der Waals surface area contributed by atoms with E-state index < -0.39 is 23.9 Å². The number of quaternary nitrogens is 1. The Morgan fingerprint density at radius 1 is 1.00 bits per heavy atom. The van der Waals surface area contributed by atoms with Crippen LogP contribution in [0.3, 0.4) is 0 Å². The minimum absolute atomic E-state index is 0.0997. The predicted octanol–water partition coefficient (Wildman–Crippen LogP) is -1.50. The van der Waals surface area contributed by atoms with E-state index in [4.69, 9.17) is 0 Å². The zero-order valence-electron chi connectivity index (χ0n) is 11.5. The van der Waals surface area contributed by atoms with Gasteiger partial charge in [0.2, 0.25) is 0 Å². The number of carboxylic acid groups (broad SMARTS) is 2. The van der Waals surface area contributed by atoms with Gasteiger partial charge >= 0.3 is 0 Å². The van der Waals surface area contributed by atoms with Crippen molar-refractivity contribution in [3.63, 3.8) is 0 Å². The van der Waals surface area contributed by atoms with Crippen LogP contribution in [-0.2, 0) is 16.0 Å². The molecule has 5 heteroatoms. The van der Waals surface area contributed by atoms with Gasteiger partial charge in [0, 0.05) is 18.3 Å². The molecule has 0 aliphatic carbocycles. The van der Waals surface area contributed by atoms with E-state index in [0.29, 0.717) is 0 Å². The van der Waals surface area contributed by atoms with Gasteiger partial charge in [0.25, 0.3) is 0 Å². The van der Waals surface area contributed by atoms with Gasteiger partial charge in [0.15, 0.2) is 0 Å². The molecule has 2 aromatic carbocycles. The molecule has 2 atom stereocenters. The molecule has 5 nitrogen and oxygen atoms in total. The summed E-state index contributed by atoms with van der Waals surface area (Å²) in [5, 5.41) is 23.9. The number of carbonyl (C=O) groups is 2. The minimum atomic E-state index is -1.35. The van der Waals surface area contributed by atoms with Crippen LogP contribution in [0.15, 0.2) is 42.5 Å². The Labute approximate surface area is 122 Å². The van der Waals surface area contributed by atoms with Crippen LogP contribution in [0.2, 0.25) is 0 Å². The molecule has 0 amide bonds. The molecule has 0 aromatic heterocycles. The highest BCUT2D eigenvalue weighted by atomic mass is 16.4. The Morgan fingerprint density at radius 3 is 2.29 bits per heavy atom. The first-order valence-corrected chi connectivity index (χ1v) is 6.70. The summed E-state index contributed by atoms with van der Waals surface area (Å²) in [4.78, 5) is 21.9. The van der Waals surface area contributed by atoms with Crippen LogP contribution in [0.25, 0.3) is 10.8 Å². The number of rotatable bonds is 6. The molecule has 0 spiro atoms. The molecule has 0 aliphatic heterocycles. The quantitative estimate of drug-likeness (QED) is 0.697. The van der Waals surface area contributed by atoms with Crippen molar-refractivity contribution in [1.82, 2.24) is 0 Å². The fourth-order valence-electron chi connectivity index (χ4n) is 2.35. The third-order valence-corrected chi connectivity index (χ3v) is 3.53. The van der Waals surface area contributed by atoms with Gasteiger partial charge < -0.3 is 25.5 Å². The van der Waals surface area contributed by atoms with E-state index in [1.54, 1.807) is 0 Å². The van der Waals surface area contributed by atoms with E-state index >= 15 is 0 Å². The van der Waals surface area contributed by atoms with E-state index in [9.17, 15) is 19.8 Å². The van der Waals surface area contributed by atoms with Crippen LogP contribution in [0.4, 0.5) is 0 Å². The molecule has 0 saturated heterocycles. The van der Waals surface area contributed by atoms with Crippen LogP contribution in [-0.4, -0.2) is 18.0 Å². The number of hydrogen-bond donors (Lipinski definition) is 1. The fraction of sp³-hybridized carbons (Fsp3) is 0.250. The molecule has 0 heterocycles. The topological polar surface area (TPSA) is 108 Å². The zero-order chi connectivity index (χ0) is 15.4. The monoisotopic (exact) mass is 286 g/mol. The maximum atomic E-state index is 11.2. The summed E-state index contributed by atoms with van der Waals surface area (Å²) in [6, 6.07) is 12.3. The molecule has 2 rings (SSSR count). The first-order valence-electron chi connectivity index (χ1n) is 6.70. The van der Waals surface area contributed by atoms with E-state index in [2.05, 4.69) is 5.73 Å². The zero-order valence-corrected chi connectivity index (χ0v) is 11.5. The molecule has 2 aromatic rings. The van der Waals surface area contributed by atoms with Crippen LogP contribution in [0.5, 0.6) is 0 Å². The molecule has 110 valence electrons. The van der Waals surface area contributed by atoms with Crippen molar-refractivity contribution >= 4 is 22.7 Å². The summed E-state index contributed by atoms with van der Waals surface area (Å²) in [5.74, 6) is -3.51. The summed E-state index contributed by atoms with van der Waals surface area (Å²) in [5.41, 5.74) is 4.23. The van der Waals surface area contributed by atoms with Crippen molar-refractivity contribution < 1.29 is 25.5 Å². The van der Waals surface area contributed by atoms with Crippen LogP contribution in [0, 0.1) is 5.92 Å². The predicted molar refractivity (Wildman–Crippen MR) is 72.4 cm³/mol.